The lowest BCUT2D eigenvalue weighted by atomic mass is 10.1. The number of ether oxygens (including phenoxy) is 1. The molecule has 1 fully saturated rings. The van der Waals surface area contributed by atoms with Crippen molar-refractivity contribution in [1.29, 1.82) is 0 Å². The molecule has 0 unspecified atom stereocenters. The fourth-order valence-electron chi connectivity index (χ4n) is 2.86. The highest BCUT2D eigenvalue weighted by atomic mass is 19.1. The molecule has 7 heteroatoms. The number of nitrogens with zero attached hydrogens (tertiary/aromatic N) is 2. The number of benzene rings is 1. The second-order valence-corrected chi connectivity index (χ2v) is 5.91. The van der Waals surface area contributed by atoms with Crippen molar-refractivity contribution in [3.05, 3.63) is 47.8 Å². The molecule has 128 valence electrons. The third kappa shape index (κ3) is 3.47. The standard InChI is InChI=1S/C17H21FN4O2/c1-11-20-6-7-22(11)15-4-2-12(8-14(15)18)10-21-17(23)16-5-3-13(9-19)24-16/h2,4,6-8,13,16H,3,5,9-10,19H2,1H3,(H,21,23)/t13-,16+/m1/s1. The molecule has 2 atom stereocenters. The number of rotatable bonds is 5. The monoisotopic (exact) mass is 332 g/mol. The van der Waals surface area contributed by atoms with E-state index in [2.05, 4.69) is 10.3 Å². The van der Waals surface area contributed by atoms with Gasteiger partial charge >= 0.3 is 0 Å². The van der Waals surface area contributed by atoms with Crippen LogP contribution in [0, 0.1) is 12.7 Å². The molecule has 0 saturated carbocycles. The van der Waals surface area contributed by atoms with Gasteiger partial charge in [-0.1, -0.05) is 6.07 Å². The molecule has 2 heterocycles. The Morgan fingerprint density at radius 1 is 1.50 bits per heavy atom. The van der Waals surface area contributed by atoms with Crippen LogP contribution < -0.4 is 11.1 Å². The first-order chi connectivity index (χ1) is 11.6. The van der Waals surface area contributed by atoms with Crippen LogP contribution >= 0.6 is 0 Å². The van der Waals surface area contributed by atoms with Crippen LogP contribution in [-0.4, -0.2) is 34.2 Å². The van der Waals surface area contributed by atoms with Gasteiger partial charge in [0.1, 0.15) is 17.7 Å². The van der Waals surface area contributed by atoms with Crippen molar-refractivity contribution in [2.75, 3.05) is 6.54 Å². The Morgan fingerprint density at radius 3 is 2.96 bits per heavy atom. The summed E-state index contributed by atoms with van der Waals surface area (Å²) in [6.07, 6.45) is 4.29. The molecule has 0 spiro atoms. The van der Waals surface area contributed by atoms with E-state index in [0.29, 0.717) is 30.0 Å². The number of aryl methyl sites for hydroxylation is 1. The number of aromatic nitrogens is 2. The predicted molar refractivity (Wildman–Crippen MR) is 87.1 cm³/mol. The van der Waals surface area contributed by atoms with Crippen LogP contribution in [0.25, 0.3) is 5.69 Å². The maximum absolute atomic E-state index is 14.3. The zero-order chi connectivity index (χ0) is 17.1. The molecular formula is C17H21FN4O2. The van der Waals surface area contributed by atoms with Crippen molar-refractivity contribution < 1.29 is 13.9 Å². The van der Waals surface area contributed by atoms with E-state index in [-0.39, 0.29) is 24.4 Å². The summed E-state index contributed by atoms with van der Waals surface area (Å²) in [6, 6.07) is 4.89. The highest BCUT2D eigenvalue weighted by molar-refractivity contribution is 5.81. The second kappa shape index (κ2) is 7.11. The van der Waals surface area contributed by atoms with E-state index in [4.69, 9.17) is 10.5 Å². The molecule has 1 aliphatic heterocycles. The molecule has 0 radical (unpaired) electrons. The van der Waals surface area contributed by atoms with Crippen molar-refractivity contribution in [3.8, 4) is 5.69 Å². The van der Waals surface area contributed by atoms with Crippen LogP contribution in [0.5, 0.6) is 0 Å². The van der Waals surface area contributed by atoms with Crippen molar-refractivity contribution in [2.24, 2.45) is 5.73 Å². The third-order valence-electron chi connectivity index (χ3n) is 4.23. The molecule has 2 aromatic rings. The maximum Gasteiger partial charge on any atom is 0.249 e. The number of carbonyl (C=O) groups excluding carboxylic acids is 1. The normalized spacial score (nSPS) is 20.3. The van der Waals surface area contributed by atoms with Gasteiger partial charge in [-0.2, -0.15) is 0 Å². The minimum atomic E-state index is -0.462. The molecule has 24 heavy (non-hydrogen) atoms. The zero-order valence-electron chi connectivity index (χ0n) is 13.5. The average Bonchev–Trinajstić information content (AvgIpc) is 3.22. The predicted octanol–water partition coefficient (Wildman–Crippen LogP) is 1.44. The van der Waals surface area contributed by atoms with Gasteiger partial charge < -0.3 is 20.4 Å². The topological polar surface area (TPSA) is 82.2 Å². The Kier molecular flexibility index (Phi) is 4.92. The van der Waals surface area contributed by atoms with Crippen molar-refractivity contribution in [3.63, 3.8) is 0 Å². The lowest BCUT2D eigenvalue weighted by molar-refractivity contribution is -0.132. The fraction of sp³-hybridized carbons (Fsp3) is 0.412. The second-order valence-electron chi connectivity index (χ2n) is 5.91. The average molecular weight is 332 g/mol. The highest BCUT2D eigenvalue weighted by Gasteiger charge is 2.29. The summed E-state index contributed by atoms with van der Waals surface area (Å²) in [7, 11) is 0. The van der Waals surface area contributed by atoms with Crippen molar-refractivity contribution in [2.45, 2.75) is 38.5 Å². The van der Waals surface area contributed by atoms with Gasteiger partial charge in [-0.15, -0.1) is 0 Å². The maximum atomic E-state index is 14.3. The van der Waals surface area contributed by atoms with Crippen molar-refractivity contribution >= 4 is 5.91 Å². The first kappa shape index (κ1) is 16.6. The number of amides is 1. The van der Waals surface area contributed by atoms with E-state index >= 15 is 0 Å². The number of carbonyl (C=O) groups is 1. The number of hydrogen-bond donors (Lipinski definition) is 2. The molecular weight excluding hydrogens is 311 g/mol. The quantitative estimate of drug-likeness (QED) is 0.868. The van der Waals surface area contributed by atoms with Crippen LogP contribution in [0.4, 0.5) is 4.39 Å². The molecule has 6 nitrogen and oxygen atoms in total. The summed E-state index contributed by atoms with van der Waals surface area (Å²) in [5.41, 5.74) is 6.66. The van der Waals surface area contributed by atoms with E-state index in [9.17, 15) is 9.18 Å². The van der Waals surface area contributed by atoms with Gasteiger partial charge in [0, 0.05) is 25.5 Å². The SMILES string of the molecule is Cc1nccn1-c1ccc(CNC(=O)[C@@H]2CC[C@H](CN)O2)cc1F. The summed E-state index contributed by atoms with van der Waals surface area (Å²) in [5, 5.41) is 2.79. The van der Waals surface area contributed by atoms with E-state index in [1.165, 1.54) is 6.07 Å². The Hall–Kier alpha value is -2.25. The van der Waals surface area contributed by atoms with Gasteiger partial charge in [-0.05, 0) is 37.5 Å². The minimum absolute atomic E-state index is 0.0455. The summed E-state index contributed by atoms with van der Waals surface area (Å²) in [5.74, 6) is 0.173. The summed E-state index contributed by atoms with van der Waals surface area (Å²) < 4.78 is 21.5. The number of hydrogen-bond acceptors (Lipinski definition) is 4. The van der Waals surface area contributed by atoms with E-state index in [1.807, 2.05) is 6.92 Å². The fourth-order valence-corrected chi connectivity index (χ4v) is 2.86. The Labute approximate surface area is 139 Å². The molecule has 1 amide bonds. The zero-order valence-corrected chi connectivity index (χ0v) is 13.5. The van der Waals surface area contributed by atoms with Crippen LogP contribution in [0.2, 0.25) is 0 Å². The van der Waals surface area contributed by atoms with Crippen LogP contribution in [0.15, 0.2) is 30.6 Å². The number of imidazole rings is 1. The molecule has 3 N–H and O–H groups in total. The molecule has 1 aliphatic rings. The lowest BCUT2D eigenvalue weighted by Gasteiger charge is -2.13. The Morgan fingerprint density at radius 2 is 2.33 bits per heavy atom. The Balaban J connectivity index is 1.61. The summed E-state index contributed by atoms with van der Waals surface area (Å²) in [4.78, 5) is 16.2. The molecule has 1 aromatic heterocycles. The van der Waals surface area contributed by atoms with E-state index < -0.39 is 6.10 Å². The van der Waals surface area contributed by atoms with Gasteiger partial charge in [0.05, 0.1) is 11.8 Å². The molecule has 3 rings (SSSR count). The van der Waals surface area contributed by atoms with Gasteiger partial charge in [0.15, 0.2) is 0 Å². The summed E-state index contributed by atoms with van der Waals surface area (Å²) in [6.45, 7) is 2.49. The third-order valence-corrected chi connectivity index (χ3v) is 4.23. The minimum Gasteiger partial charge on any atom is -0.364 e. The van der Waals surface area contributed by atoms with E-state index in [0.717, 1.165) is 6.42 Å². The van der Waals surface area contributed by atoms with Crippen LogP contribution in [0.3, 0.4) is 0 Å². The van der Waals surface area contributed by atoms with Crippen molar-refractivity contribution in [1.82, 2.24) is 14.9 Å². The lowest BCUT2D eigenvalue weighted by Crippen LogP contribution is -2.35. The van der Waals surface area contributed by atoms with Gasteiger partial charge in [0.2, 0.25) is 5.91 Å². The number of nitrogens with one attached hydrogen (secondary N) is 1. The van der Waals surface area contributed by atoms with Crippen LogP contribution in [-0.2, 0) is 16.1 Å². The Bertz CT molecular complexity index is 731. The van der Waals surface area contributed by atoms with Crippen LogP contribution in [0.1, 0.15) is 24.2 Å². The highest BCUT2D eigenvalue weighted by Crippen LogP contribution is 2.20. The molecule has 0 bridgehead atoms. The molecule has 1 aromatic carbocycles. The summed E-state index contributed by atoms with van der Waals surface area (Å²) >= 11 is 0. The number of halogens is 1. The van der Waals surface area contributed by atoms with Gasteiger partial charge in [0.25, 0.3) is 0 Å². The van der Waals surface area contributed by atoms with Gasteiger partial charge in [-0.3, -0.25) is 4.79 Å². The van der Waals surface area contributed by atoms with Gasteiger partial charge in [-0.25, -0.2) is 9.37 Å². The van der Waals surface area contributed by atoms with E-state index in [1.54, 1.807) is 29.1 Å². The molecule has 0 aliphatic carbocycles. The molecule has 1 saturated heterocycles. The number of nitrogens with two attached hydrogens (primary N) is 1. The first-order valence-corrected chi connectivity index (χ1v) is 8.00. The largest absolute Gasteiger partial charge is 0.364 e. The first-order valence-electron chi connectivity index (χ1n) is 8.00. The smallest absolute Gasteiger partial charge is 0.249 e.